The molecule has 18 heavy (non-hydrogen) atoms. The first-order valence-electron chi connectivity index (χ1n) is 6.22. The second-order valence-electron chi connectivity index (χ2n) is 4.58. The first-order chi connectivity index (χ1) is 8.84. The van der Waals surface area contributed by atoms with Crippen molar-refractivity contribution < 1.29 is 0 Å². The van der Waals surface area contributed by atoms with Gasteiger partial charge in [-0.2, -0.15) is 8.75 Å². The lowest BCUT2D eigenvalue weighted by atomic mass is 10.1. The fourth-order valence-electron chi connectivity index (χ4n) is 2.33. The third-order valence-electron chi connectivity index (χ3n) is 3.30. The zero-order valence-corrected chi connectivity index (χ0v) is 11.5. The van der Waals surface area contributed by atoms with E-state index in [0.29, 0.717) is 6.04 Å². The van der Waals surface area contributed by atoms with E-state index in [9.17, 15) is 0 Å². The number of benzene rings is 1. The van der Waals surface area contributed by atoms with Crippen molar-refractivity contribution in [3.05, 3.63) is 17.2 Å². The van der Waals surface area contributed by atoms with Gasteiger partial charge in [0.1, 0.15) is 11.0 Å². The highest BCUT2D eigenvalue weighted by molar-refractivity contribution is 7.00. The monoisotopic (exact) mass is 282 g/mol. The summed E-state index contributed by atoms with van der Waals surface area (Å²) in [5, 5.41) is 7.69. The first kappa shape index (κ1) is 12.1. The maximum Gasteiger partial charge on any atom is 0.129 e. The van der Waals surface area contributed by atoms with E-state index in [2.05, 4.69) is 19.4 Å². The molecule has 1 aromatic heterocycles. The van der Waals surface area contributed by atoms with Gasteiger partial charge in [-0.05, 0) is 44.5 Å². The van der Waals surface area contributed by atoms with Gasteiger partial charge in [0.2, 0.25) is 0 Å². The second kappa shape index (κ2) is 5.38. The molecular weight excluding hydrogens is 268 g/mol. The Hall–Kier alpha value is -0.910. The van der Waals surface area contributed by atoms with Crippen molar-refractivity contribution in [3.8, 4) is 0 Å². The minimum atomic E-state index is 0.463. The molecule has 96 valence electrons. The Bertz CT molecular complexity index is 534. The fourth-order valence-corrected chi connectivity index (χ4v) is 3.08. The highest BCUT2D eigenvalue weighted by Crippen LogP contribution is 2.31. The van der Waals surface area contributed by atoms with E-state index < -0.39 is 0 Å². The van der Waals surface area contributed by atoms with Gasteiger partial charge < -0.3 is 10.6 Å². The van der Waals surface area contributed by atoms with Crippen LogP contribution in [-0.2, 0) is 0 Å². The van der Waals surface area contributed by atoms with Crippen molar-refractivity contribution >= 4 is 40.0 Å². The molecular formula is C12H15ClN4S. The standard InChI is InChI=1S/C12H15ClN4S/c13-9-3-4-10-12(17-18-16-10)11(9)15-8-2-1-6-14-7-5-8/h3-4,8,14-15H,1-2,5-7H2. The summed E-state index contributed by atoms with van der Waals surface area (Å²) < 4.78 is 8.59. The predicted octanol–water partition coefficient (Wildman–Crippen LogP) is 2.90. The third kappa shape index (κ3) is 2.43. The second-order valence-corrected chi connectivity index (χ2v) is 5.51. The minimum absolute atomic E-state index is 0.463. The molecule has 1 saturated heterocycles. The molecule has 1 fully saturated rings. The first-order valence-corrected chi connectivity index (χ1v) is 7.33. The quantitative estimate of drug-likeness (QED) is 0.889. The molecule has 1 aliphatic heterocycles. The Morgan fingerprint density at radius 1 is 1.28 bits per heavy atom. The molecule has 0 saturated carbocycles. The van der Waals surface area contributed by atoms with Crippen LogP contribution in [0, 0.1) is 0 Å². The van der Waals surface area contributed by atoms with Gasteiger partial charge in [-0.1, -0.05) is 11.6 Å². The number of rotatable bonds is 2. The van der Waals surface area contributed by atoms with Crippen LogP contribution in [0.15, 0.2) is 12.1 Å². The van der Waals surface area contributed by atoms with E-state index in [-0.39, 0.29) is 0 Å². The van der Waals surface area contributed by atoms with Gasteiger partial charge in [0.15, 0.2) is 0 Å². The number of halogens is 1. The van der Waals surface area contributed by atoms with Crippen molar-refractivity contribution in [3.63, 3.8) is 0 Å². The fraction of sp³-hybridized carbons (Fsp3) is 0.500. The molecule has 1 unspecified atom stereocenters. The number of hydrogen-bond donors (Lipinski definition) is 2. The number of nitrogens with one attached hydrogen (secondary N) is 2. The van der Waals surface area contributed by atoms with Gasteiger partial charge in [0.25, 0.3) is 0 Å². The summed E-state index contributed by atoms with van der Waals surface area (Å²) in [6.07, 6.45) is 3.47. The molecule has 0 bridgehead atoms. The van der Waals surface area contributed by atoms with E-state index in [0.717, 1.165) is 47.7 Å². The molecule has 3 rings (SSSR count). The summed E-state index contributed by atoms with van der Waals surface area (Å²) in [6, 6.07) is 4.27. The van der Waals surface area contributed by atoms with Crippen molar-refractivity contribution in [2.45, 2.75) is 25.3 Å². The maximum atomic E-state index is 6.28. The zero-order chi connectivity index (χ0) is 12.4. The Kier molecular flexibility index (Phi) is 3.63. The van der Waals surface area contributed by atoms with E-state index in [1.54, 1.807) is 0 Å². The molecule has 2 aromatic rings. The van der Waals surface area contributed by atoms with Crippen LogP contribution in [0.1, 0.15) is 19.3 Å². The van der Waals surface area contributed by atoms with E-state index in [1.165, 1.54) is 18.1 Å². The van der Waals surface area contributed by atoms with Gasteiger partial charge in [-0.15, -0.1) is 0 Å². The van der Waals surface area contributed by atoms with Crippen LogP contribution in [0.3, 0.4) is 0 Å². The Labute approximate surface area is 115 Å². The third-order valence-corrected chi connectivity index (χ3v) is 4.16. The summed E-state index contributed by atoms with van der Waals surface area (Å²) >= 11 is 7.51. The van der Waals surface area contributed by atoms with Crippen LogP contribution in [0.25, 0.3) is 11.0 Å². The molecule has 0 amide bonds. The Morgan fingerprint density at radius 3 is 3.17 bits per heavy atom. The van der Waals surface area contributed by atoms with Crippen LogP contribution in [0.5, 0.6) is 0 Å². The van der Waals surface area contributed by atoms with E-state index in [4.69, 9.17) is 11.6 Å². The van der Waals surface area contributed by atoms with Crippen LogP contribution >= 0.6 is 23.3 Å². The van der Waals surface area contributed by atoms with Gasteiger partial charge in [0, 0.05) is 6.04 Å². The highest BCUT2D eigenvalue weighted by atomic mass is 35.5. The molecule has 1 aliphatic rings. The van der Waals surface area contributed by atoms with Crippen molar-refractivity contribution in [1.29, 1.82) is 0 Å². The van der Waals surface area contributed by atoms with Crippen LogP contribution in [0.2, 0.25) is 5.02 Å². The number of nitrogens with zero attached hydrogens (tertiary/aromatic N) is 2. The Balaban J connectivity index is 1.88. The summed E-state index contributed by atoms with van der Waals surface area (Å²) in [5.74, 6) is 0. The van der Waals surface area contributed by atoms with Gasteiger partial charge in [0.05, 0.1) is 22.4 Å². The molecule has 0 radical (unpaired) electrons. The molecule has 6 heteroatoms. The predicted molar refractivity (Wildman–Crippen MR) is 76.6 cm³/mol. The smallest absolute Gasteiger partial charge is 0.129 e. The number of hydrogen-bond acceptors (Lipinski definition) is 5. The van der Waals surface area contributed by atoms with Gasteiger partial charge in [-0.25, -0.2) is 0 Å². The largest absolute Gasteiger partial charge is 0.379 e. The number of anilines is 1. The maximum absolute atomic E-state index is 6.28. The lowest BCUT2D eigenvalue weighted by Crippen LogP contribution is -2.21. The molecule has 0 aliphatic carbocycles. The molecule has 2 N–H and O–H groups in total. The summed E-state index contributed by atoms with van der Waals surface area (Å²) in [7, 11) is 0. The average Bonchev–Trinajstić information content (AvgIpc) is 2.70. The van der Waals surface area contributed by atoms with Gasteiger partial charge in [-0.3, -0.25) is 0 Å². The average molecular weight is 283 g/mol. The summed E-state index contributed by atoms with van der Waals surface area (Å²) in [6.45, 7) is 2.16. The van der Waals surface area contributed by atoms with E-state index >= 15 is 0 Å². The molecule has 1 atom stereocenters. The molecule has 2 heterocycles. The minimum Gasteiger partial charge on any atom is -0.379 e. The van der Waals surface area contributed by atoms with Crippen molar-refractivity contribution in [2.75, 3.05) is 18.4 Å². The number of fused-ring (bicyclic) bond motifs is 1. The molecule has 4 nitrogen and oxygen atoms in total. The van der Waals surface area contributed by atoms with E-state index in [1.807, 2.05) is 12.1 Å². The van der Waals surface area contributed by atoms with Crippen LogP contribution in [0.4, 0.5) is 5.69 Å². The topological polar surface area (TPSA) is 49.8 Å². The van der Waals surface area contributed by atoms with Crippen LogP contribution in [-0.4, -0.2) is 27.9 Å². The van der Waals surface area contributed by atoms with Crippen molar-refractivity contribution in [1.82, 2.24) is 14.1 Å². The summed E-state index contributed by atoms with van der Waals surface area (Å²) in [4.78, 5) is 0. The SMILES string of the molecule is Clc1ccc2nsnc2c1NC1CCCNCC1. The summed E-state index contributed by atoms with van der Waals surface area (Å²) in [5.41, 5.74) is 2.75. The lowest BCUT2D eigenvalue weighted by Gasteiger charge is -2.18. The lowest BCUT2D eigenvalue weighted by molar-refractivity contribution is 0.638. The normalized spacial score (nSPS) is 20.8. The van der Waals surface area contributed by atoms with Crippen LogP contribution < -0.4 is 10.6 Å². The number of aromatic nitrogens is 2. The molecule has 1 aromatic carbocycles. The van der Waals surface area contributed by atoms with Gasteiger partial charge >= 0.3 is 0 Å². The Morgan fingerprint density at radius 2 is 2.22 bits per heavy atom. The highest BCUT2D eigenvalue weighted by Gasteiger charge is 2.16. The molecule has 0 spiro atoms. The zero-order valence-electron chi connectivity index (χ0n) is 9.95. The van der Waals surface area contributed by atoms with Crippen molar-refractivity contribution in [2.24, 2.45) is 0 Å².